The zero-order chi connectivity index (χ0) is 19.6. The quantitative estimate of drug-likeness (QED) is 0.255. The van der Waals surface area contributed by atoms with Crippen LogP contribution in [0.5, 0.6) is 0 Å². The second-order valence-electron chi connectivity index (χ2n) is 7.86. The van der Waals surface area contributed by atoms with Crippen LogP contribution in [-0.4, -0.2) is 6.04 Å². The van der Waals surface area contributed by atoms with Crippen molar-refractivity contribution in [3.63, 3.8) is 0 Å². The van der Waals surface area contributed by atoms with Gasteiger partial charge in [-0.25, -0.2) is 13.0 Å². The number of hydrogen-bond acceptors (Lipinski definition) is 2. The van der Waals surface area contributed by atoms with Crippen molar-refractivity contribution in [1.82, 2.24) is 10.6 Å². The van der Waals surface area contributed by atoms with E-state index in [1.54, 1.807) is 0 Å². The third-order valence-corrected chi connectivity index (χ3v) is 5.12. The Morgan fingerprint density at radius 3 is 2.68 bits per heavy atom. The van der Waals surface area contributed by atoms with Gasteiger partial charge in [0.05, 0.1) is 0 Å². The summed E-state index contributed by atoms with van der Waals surface area (Å²) in [4.78, 5) is 0. The number of aryl methyl sites for hydroxylation is 1. The summed E-state index contributed by atoms with van der Waals surface area (Å²) in [5.41, 5.74) is 6.20. The average molecular weight is 372 g/mol. The Morgan fingerprint density at radius 1 is 1.21 bits per heavy atom. The van der Waals surface area contributed by atoms with Crippen LogP contribution in [0.2, 0.25) is 0 Å². The van der Waals surface area contributed by atoms with Crippen molar-refractivity contribution in [1.29, 1.82) is 0 Å². The van der Waals surface area contributed by atoms with Crippen molar-refractivity contribution in [2.24, 2.45) is 0 Å². The van der Waals surface area contributed by atoms with Gasteiger partial charge in [-0.2, -0.15) is 0 Å². The van der Waals surface area contributed by atoms with Gasteiger partial charge in [-0.3, -0.25) is 0 Å². The summed E-state index contributed by atoms with van der Waals surface area (Å²) in [6.45, 7) is 18.6. The summed E-state index contributed by atoms with van der Waals surface area (Å²) in [5, 5.41) is 7.01. The SMILES string of the molecule is C=C(C)CCCCC(=C)N[C@H]([CH2-])C[CH-]C(=C)N[C@@H]1CCCc2ccccc21.[Li+]. The van der Waals surface area contributed by atoms with E-state index in [1.807, 2.05) is 0 Å². The number of benzene rings is 1. The Bertz CT molecular complexity index is 650. The van der Waals surface area contributed by atoms with Crippen LogP contribution in [-0.2, 0) is 6.42 Å². The fourth-order valence-electron chi connectivity index (χ4n) is 3.66. The van der Waals surface area contributed by atoms with E-state index in [0.717, 1.165) is 43.5 Å². The molecular formula is C25H36LiN2-. The zero-order valence-electron chi connectivity index (χ0n) is 18.0. The van der Waals surface area contributed by atoms with Crippen molar-refractivity contribution in [3.05, 3.63) is 85.4 Å². The predicted molar refractivity (Wildman–Crippen MR) is 118 cm³/mol. The zero-order valence-corrected chi connectivity index (χ0v) is 18.0. The second kappa shape index (κ2) is 12.9. The molecule has 2 nitrogen and oxygen atoms in total. The molecule has 0 fully saturated rings. The normalized spacial score (nSPS) is 16.1. The number of unbranched alkanes of at least 4 members (excludes halogenated alkanes) is 1. The molecule has 0 radical (unpaired) electrons. The molecule has 1 aliphatic rings. The fraction of sp³-hybridized carbons (Fsp3) is 0.440. The van der Waals surface area contributed by atoms with E-state index in [1.165, 1.54) is 36.0 Å². The molecule has 0 spiro atoms. The molecule has 28 heavy (non-hydrogen) atoms. The first-order valence-electron chi connectivity index (χ1n) is 10.2. The summed E-state index contributed by atoms with van der Waals surface area (Å²) < 4.78 is 0. The molecule has 0 aliphatic heterocycles. The van der Waals surface area contributed by atoms with Crippen LogP contribution in [0.25, 0.3) is 0 Å². The number of fused-ring (bicyclic) bond motifs is 1. The molecule has 3 heteroatoms. The maximum Gasteiger partial charge on any atom is 1.00 e. The number of allylic oxidation sites excluding steroid dienone is 3. The van der Waals surface area contributed by atoms with Gasteiger partial charge in [-0.05, 0) is 63.0 Å². The summed E-state index contributed by atoms with van der Waals surface area (Å²) in [7, 11) is 0. The van der Waals surface area contributed by atoms with E-state index < -0.39 is 0 Å². The van der Waals surface area contributed by atoms with Gasteiger partial charge in [0.1, 0.15) is 0 Å². The Kier molecular flexibility index (Phi) is 11.3. The van der Waals surface area contributed by atoms with Gasteiger partial charge in [0.25, 0.3) is 0 Å². The third-order valence-electron chi connectivity index (χ3n) is 5.12. The first-order chi connectivity index (χ1) is 13.0. The molecule has 2 N–H and O–H groups in total. The van der Waals surface area contributed by atoms with Gasteiger partial charge in [0.15, 0.2) is 0 Å². The van der Waals surface area contributed by atoms with Crippen LogP contribution in [0, 0.1) is 13.3 Å². The van der Waals surface area contributed by atoms with Crippen molar-refractivity contribution in [2.45, 2.75) is 70.4 Å². The van der Waals surface area contributed by atoms with Crippen LogP contribution in [0.3, 0.4) is 0 Å². The molecule has 0 saturated carbocycles. The topological polar surface area (TPSA) is 24.1 Å². The molecule has 0 saturated heterocycles. The monoisotopic (exact) mass is 371 g/mol. The largest absolute Gasteiger partial charge is 1.00 e. The Morgan fingerprint density at radius 2 is 1.93 bits per heavy atom. The van der Waals surface area contributed by atoms with Crippen LogP contribution < -0.4 is 29.5 Å². The molecule has 0 heterocycles. The molecule has 148 valence electrons. The van der Waals surface area contributed by atoms with E-state index in [-0.39, 0.29) is 24.9 Å². The molecule has 0 amide bonds. The van der Waals surface area contributed by atoms with Crippen LogP contribution in [0.4, 0.5) is 0 Å². The number of hydrogen-bond donors (Lipinski definition) is 2. The van der Waals surface area contributed by atoms with Crippen LogP contribution in [0.15, 0.2) is 61.0 Å². The van der Waals surface area contributed by atoms with E-state index in [4.69, 9.17) is 0 Å². The first-order valence-corrected chi connectivity index (χ1v) is 10.2. The molecule has 1 aromatic carbocycles. The van der Waals surface area contributed by atoms with Gasteiger partial charge in [-0.1, -0.05) is 36.4 Å². The van der Waals surface area contributed by atoms with Crippen molar-refractivity contribution >= 4 is 0 Å². The Balaban J connectivity index is 0.00000392. The number of nitrogens with one attached hydrogen (secondary N) is 2. The third kappa shape index (κ3) is 8.68. The van der Waals surface area contributed by atoms with Crippen LogP contribution in [0.1, 0.15) is 69.0 Å². The van der Waals surface area contributed by atoms with Crippen molar-refractivity contribution < 1.29 is 18.9 Å². The molecular weight excluding hydrogens is 335 g/mol. The van der Waals surface area contributed by atoms with Gasteiger partial charge < -0.3 is 17.6 Å². The molecule has 1 aromatic rings. The smallest absolute Gasteiger partial charge is 0.417 e. The Hall–Kier alpha value is -1.49. The molecule has 1 aliphatic carbocycles. The van der Waals surface area contributed by atoms with Crippen LogP contribution >= 0.6 is 0 Å². The van der Waals surface area contributed by atoms with E-state index in [2.05, 4.69) is 74.9 Å². The molecule has 0 bridgehead atoms. The van der Waals surface area contributed by atoms with E-state index in [9.17, 15) is 0 Å². The predicted octanol–water partition coefficient (Wildman–Crippen LogP) is 3.21. The van der Waals surface area contributed by atoms with E-state index in [0.29, 0.717) is 6.04 Å². The summed E-state index contributed by atoms with van der Waals surface area (Å²) in [6.07, 6.45) is 11.0. The standard InChI is InChI=1S/C25H36N2.Li/c1-19(2)11-6-7-12-20(3)26-21(4)17-18-22(5)27-25-16-10-14-23-13-8-9-15-24(23)25;/h8-9,13,15,18,21,25-27H,1,3-7,10-12,14,16-17H2,2H3;/q-2;+1/t21-,25-;/m1./s1. The fourth-order valence-corrected chi connectivity index (χ4v) is 3.66. The molecule has 2 rings (SSSR count). The molecule has 0 aromatic heterocycles. The maximum atomic E-state index is 4.20. The minimum absolute atomic E-state index is 0. The van der Waals surface area contributed by atoms with E-state index >= 15 is 0 Å². The van der Waals surface area contributed by atoms with Gasteiger partial charge in [0, 0.05) is 11.7 Å². The number of rotatable bonds is 12. The minimum atomic E-state index is 0. The van der Waals surface area contributed by atoms with Gasteiger partial charge in [-0.15, -0.1) is 24.7 Å². The van der Waals surface area contributed by atoms with Gasteiger partial charge >= 0.3 is 18.9 Å². The van der Waals surface area contributed by atoms with Gasteiger partial charge in [0.2, 0.25) is 0 Å². The maximum absolute atomic E-state index is 4.20. The first kappa shape index (κ1) is 24.5. The minimum Gasteiger partial charge on any atom is -0.417 e. The summed E-state index contributed by atoms with van der Waals surface area (Å²) in [5.74, 6) is 0. The molecule has 0 unspecified atom stereocenters. The second-order valence-corrected chi connectivity index (χ2v) is 7.86. The van der Waals surface area contributed by atoms with Crippen molar-refractivity contribution in [2.75, 3.05) is 0 Å². The summed E-state index contributed by atoms with van der Waals surface area (Å²) >= 11 is 0. The summed E-state index contributed by atoms with van der Waals surface area (Å²) in [6, 6.07) is 9.24. The molecule has 2 atom stereocenters. The average Bonchev–Trinajstić information content (AvgIpc) is 2.64. The van der Waals surface area contributed by atoms with Crippen molar-refractivity contribution in [3.8, 4) is 0 Å². The Labute approximate surface area is 185 Å².